The lowest BCUT2D eigenvalue weighted by Gasteiger charge is -2.06. The molecule has 0 amide bonds. The van der Waals surface area contributed by atoms with E-state index in [1.54, 1.807) is 6.92 Å². The van der Waals surface area contributed by atoms with Gasteiger partial charge in [-0.3, -0.25) is 0 Å². The van der Waals surface area contributed by atoms with E-state index in [1.807, 2.05) is 0 Å². The zero-order valence-corrected chi connectivity index (χ0v) is 6.67. The molecule has 0 aromatic heterocycles. The minimum atomic E-state index is -0.563. The summed E-state index contributed by atoms with van der Waals surface area (Å²) < 4.78 is 17.8. The summed E-state index contributed by atoms with van der Waals surface area (Å²) in [5.74, 6) is -0.712. The molecule has 0 saturated carbocycles. The molecule has 66 valence electrons. The molecule has 1 aromatic rings. The van der Waals surface area contributed by atoms with Crippen LogP contribution in [0, 0.1) is 5.82 Å². The van der Waals surface area contributed by atoms with E-state index < -0.39 is 5.82 Å². The van der Waals surface area contributed by atoms with Crippen LogP contribution < -0.4 is 10.5 Å². The first-order valence-corrected chi connectivity index (χ1v) is 3.56. The third kappa shape index (κ3) is 1.58. The molecule has 0 aliphatic carbocycles. The van der Waals surface area contributed by atoms with Crippen LogP contribution in [0.4, 0.5) is 10.1 Å². The fourth-order valence-corrected chi connectivity index (χ4v) is 0.824. The zero-order valence-electron chi connectivity index (χ0n) is 6.67. The molecule has 0 fully saturated rings. The van der Waals surface area contributed by atoms with Crippen LogP contribution in [-0.2, 0) is 0 Å². The standard InChI is InChI=1S/C8H10FNO2/c1-2-12-8-4-7(11)6(10)3-5(8)9/h3-4,11H,2,10H2,1H3. The van der Waals surface area contributed by atoms with Crippen molar-refractivity contribution in [2.75, 3.05) is 12.3 Å². The largest absolute Gasteiger partial charge is 0.506 e. The molecular weight excluding hydrogens is 161 g/mol. The number of phenolic OH excluding ortho intramolecular Hbond substituents is 1. The van der Waals surface area contributed by atoms with Gasteiger partial charge in [0.15, 0.2) is 11.6 Å². The van der Waals surface area contributed by atoms with E-state index in [4.69, 9.17) is 15.6 Å². The van der Waals surface area contributed by atoms with Gasteiger partial charge in [-0.15, -0.1) is 0 Å². The van der Waals surface area contributed by atoms with Gasteiger partial charge in [-0.25, -0.2) is 4.39 Å². The molecule has 0 atom stereocenters. The second-order valence-corrected chi connectivity index (χ2v) is 2.27. The average molecular weight is 171 g/mol. The smallest absolute Gasteiger partial charge is 0.167 e. The van der Waals surface area contributed by atoms with Crippen molar-refractivity contribution in [3.63, 3.8) is 0 Å². The van der Waals surface area contributed by atoms with Crippen LogP contribution >= 0.6 is 0 Å². The van der Waals surface area contributed by atoms with Crippen molar-refractivity contribution >= 4 is 5.69 Å². The monoisotopic (exact) mass is 171 g/mol. The van der Waals surface area contributed by atoms with E-state index in [-0.39, 0.29) is 17.2 Å². The van der Waals surface area contributed by atoms with Gasteiger partial charge in [-0.2, -0.15) is 0 Å². The molecule has 0 unspecified atom stereocenters. The maximum Gasteiger partial charge on any atom is 0.167 e. The summed E-state index contributed by atoms with van der Waals surface area (Å²) in [6.07, 6.45) is 0. The Labute approximate surface area is 69.6 Å². The van der Waals surface area contributed by atoms with E-state index in [9.17, 15) is 4.39 Å². The Balaban J connectivity index is 3.05. The van der Waals surface area contributed by atoms with Gasteiger partial charge in [0.05, 0.1) is 12.3 Å². The molecular formula is C8H10FNO2. The first-order valence-electron chi connectivity index (χ1n) is 3.56. The summed E-state index contributed by atoms with van der Waals surface area (Å²) in [5, 5.41) is 9.08. The number of nitrogen functional groups attached to an aromatic ring is 1. The van der Waals surface area contributed by atoms with Crippen molar-refractivity contribution < 1.29 is 14.2 Å². The van der Waals surface area contributed by atoms with Crippen LogP contribution in [0.1, 0.15) is 6.92 Å². The number of nitrogens with two attached hydrogens (primary N) is 1. The predicted octanol–water partition coefficient (Wildman–Crippen LogP) is 1.51. The number of aromatic hydroxyl groups is 1. The molecule has 0 radical (unpaired) electrons. The topological polar surface area (TPSA) is 55.5 Å². The SMILES string of the molecule is CCOc1cc(O)c(N)cc1F. The molecule has 0 aliphatic rings. The number of halogens is 1. The van der Waals surface area contributed by atoms with Gasteiger partial charge >= 0.3 is 0 Å². The quantitative estimate of drug-likeness (QED) is 0.523. The van der Waals surface area contributed by atoms with Crippen molar-refractivity contribution in [1.29, 1.82) is 0 Å². The third-order valence-corrected chi connectivity index (χ3v) is 1.38. The maximum absolute atomic E-state index is 12.9. The second-order valence-electron chi connectivity index (χ2n) is 2.27. The summed E-state index contributed by atoms with van der Waals surface area (Å²) in [5.41, 5.74) is 5.25. The molecule has 3 nitrogen and oxygen atoms in total. The number of benzene rings is 1. The van der Waals surface area contributed by atoms with E-state index in [0.717, 1.165) is 12.1 Å². The molecule has 0 aliphatic heterocycles. The summed E-state index contributed by atoms with van der Waals surface area (Å²) in [6.45, 7) is 2.08. The van der Waals surface area contributed by atoms with E-state index in [2.05, 4.69) is 0 Å². The Morgan fingerprint density at radius 2 is 2.25 bits per heavy atom. The highest BCUT2D eigenvalue weighted by molar-refractivity contribution is 5.55. The zero-order chi connectivity index (χ0) is 9.14. The number of rotatable bonds is 2. The summed E-state index contributed by atoms with van der Waals surface area (Å²) in [4.78, 5) is 0. The summed E-state index contributed by atoms with van der Waals surface area (Å²) in [7, 11) is 0. The van der Waals surface area contributed by atoms with Gasteiger partial charge in [0, 0.05) is 12.1 Å². The van der Waals surface area contributed by atoms with Crippen LogP contribution in [0.5, 0.6) is 11.5 Å². The summed E-state index contributed by atoms with van der Waals surface area (Å²) >= 11 is 0. The number of hydrogen-bond acceptors (Lipinski definition) is 3. The van der Waals surface area contributed by atoms with E-state index in [1.165, 1.54) is 0 Å². The molecule has 1 rings (SSSR count). The lowest BCUT2D eigenvalue weighted by molar-refractivity contribution is 0.319. The van der Waals surface area contributed by atoms with Crippen molar-refractivity contribution in [1.82, 2.24) is 0 Å². The number of anilines is 1. The Bertz CT molecular complexity index is 289. The first kappa shape index (κ1) is 8.64. The lowest BCUT2D eigenvalue weighted by atomic mass is 10.2. The van der Waals surface area contributed by atoms with E-state index >= 15 is 0 Å². The molecule has 4 heteroatoms. The van der Waals surface area contributed by atoms with Gasteiger partial charge in [0.1, 0.15) is 5.75 Å². The Kier molecular flexibility index (Phi) is 2.38. The van der Waals surface area contributed by atoms with E-state index in [0.29, 0.717) is 6.61 Å². The molecule has 0 spiro atoms. The minimum Gasteiger partial charge on any atom is -0.506 e. The molecule has 0 heterocycles. The van der Waals surface area contributed by atoms with Gasteiger partial charge in [0.2, 0.25) is 0 Å². The van der Waals surface area contributed by atoms with Crippen molar-refractivity contribution in [3.05, 3.63) is 17.9 Å². The van der Waals surface area contributed by atoms with Gasteiger partial charge in [0.25, 0.3) is 0 Å². The first-order chi connectivity index (χ1) is 5.65. The fraction of sp³-hybridized carbons (Fsp3) is 0.250. The predicted molar refractivity (Wildman–Crippen MR) is 43.6 cm³/mol. The normalized spacial score (nSPS) is 9.83. The Morgan fingerprint density at radius 1 is 1.58 bits per heavy atom. The maximum atomic E-state index is 12.9. The molecule has 3 N–H and O–H groups in total. The van der Waals surface area contributed by atoms with Crippen LogP contribution in [-0.4, -0.2) is 11.7 Å². The van der Waals surface area contributed by atoms with Crippen molar-refractivity contribution in [2.24, 2.45) is 0 Å². The minimum absolute atomic E-state index is 0.0101. The van der Waals surface area contributed by atoms with Crippen molar-refractivity contribution in [2.45, 2.75) is 6.92 Å². The molecule has 0 bridgehead atoms. The number of phenols is 1. The van der Waals surface area contributed by atoms with Crippen molar-refractivity contribution in [3.8, 4) is 11.5 Å². The van der Waals surface area contributed by atoms with Crippen LogP contribution in [0.15, 0.2) is 12.1 Å². The van der Waals surface area contributed by atoms with Crippen LogP contribution in [0.3, 0.4) is 0 Å². The highest BCUT2D eigenvalue weighted by Gasteiger charge is 2.06. The second kappa shape index (κ2) is 3.30. The highest BCUT2D eigenvalue weighted by Crippen LogP contribution is 2.28. The highest BCUT2D eigenvalue weighted by atomic mass is 19.1. The van der Waals surface area contributed by atoms with Gasteiger partial charge in [-0.05, 0) is 6.92 Å². The molecule has 12 heavy (non-hydrogen) atoms. The number of ether oxygens (including phenoxy) is 1. The lowest BCUT2D eigenvalue weighted by Crippen LogP contribution is -1.96. The molecule has 1 aromatic carbocycles. The molecule has 0 saturated heterocycles. The summed E-state index contributed by atoms with van der Waals surface area (Å²) in [6, 6.07) is 2.19. The average Bonchev–Trinajstić information content (AvgIpc) is 2.01. The Hall–Kier alpha value is -1.45. The van der Waals surface area contributed by atoms with Crippen LogP contribution in [0.25, 0.3) is 0 Å². The number of hydrogen-bond donors (Lipinski definition) is 2. The van der Waals surface area contributed by atoms with Crippen LogP contribution in [0.2, 0.25) is 0 Å². The third-order valence-electron chi connectivity index (χ3n) is 1.38. The Morgan fingerprint density at radius 3 is 2.83 bits per heavy atom. The fourth-order valence-electron chi connectivity index (χ4n) is 0.824. The van der Waals surface area contributed by atoms with Gasteiger partial charge in [-0.1, -0.05) is 0 Å². The van der Waals surface area contributed by atoms with Gasteiger partial charge < -0.3 is 15.6 Å².